The fraction of sp³-hybridized carbons (Fsp3) is 0.333. The maximum absolute atomic E-state index is 12.4. The number of carbonyl (C=O) groups excluding carboxylic acids is 2. The lowest BCUT2D eigenvalue weighted by atomic mass is 9.96. The third kappa shape index (κ3) is 6.63. The van der Waals surface area contributed by atoms with Crippen molar-refractivity contribution in [2.75, 3.05) is 30.3 Å². The summed E-state index contributed by atoms with van der Waals surface area (Å²) in [6.45, 7) is 2.74. The molecule has 1 heterocycles. The molecule has 2 aromatic carbocycles. The van der Waals surface area contributed by atoms with Gasteiger partial charge in [-0.05, 0) is 74.7 Å². The minimum atomic E-state index is -0.439. The molecule has 0 spiro atoms. The number of benzene rings is 2. The monoisotopic (exact) mass is 434 g/mol. The standard InChI is InChI=1S/C21H24Cl2N4O2/c22-18-7-6-17(12-19(18)23)27-21(29)26-16-5-1-4-15(11-16)20(28)25-10-8-14-3-2-9-24-13-14/h1,4-7,11-12,14,24H,2-3,8-10,13H2,(H,25,28)(H2,26,27,29)/t14-/m1/s1. The Morgan fingerprint density at radius 3 is 2.55 bits per heavy atom. The highest BCUT2D eigenvalue weighted by molar-refractivity contribution is 6.42. The fourth-order valence-electron chi connectivity index (χ4n) is 3.27. The Morgan fingerprint density at radius 1 is 1.03 bits per heavy atom. The van der Waals surface area contributed by atoms with Crippen molar-refractivity contribution in [2.45, 2.75) is 19.3 Å². The van der Waals surface area contributed by atoms with E-state index in [1.807, 2.05) is 0 Å². The molecule has 0 aliphatic carbocycles. The summed E-state index contributed by atoms with van der Waals surface area (Å²) in [7, 11) is 0. The van der Waals surface area contributed by atoms with Crippen molar-refractivity contribution in [2.24, 2.45) is 5.92 Å². The number of amides is 3. The van der Waals surface area contributed by atoms with Crippen molar-refractivity contribution in [3.8, 4) is 0 Å². The molecule has 0 unspecified atom stereocenters. The van der Waals surface area contributed by atoms with Gasteiger partial charge in [0.15, 0.2) is 0 Å². The van der Waals surface area contributed by atoms with Crippen molar-refractivity contribution in [1.82, 2.24) is 10.6 Å². The van der Waals surface area contributed by atoms with E-state index in [0.29, 0.717) is 39.4 Å². The maximum atomic E-state index is 12.4. The third-order valence-electron chi connectivity index (χ3n) is 4.80. The number of hydrogen-bond acceptors (Lipinski definition) is 3. The quantitative estimate of drug-likeness (QED) is 0.528. The predicted molar refractivity (Wildman–Crippen MR) is 118 cm³/mol. The third-order valence-corrected chi connectivity index (χ3v) is 5.54. The second-order valence-corrected chi connectivity index (χ2v) is 7.86. The van der Waals surface area contributed by atoms with Crippen LogP contribution in [-0.2, 0) is 0 Å². The molecule has 4 N–H and O–H groups in total. The van der Waals surface area contributed by atoms with Gasteiger partial charge in [-0.1, -0.05) is 29.3 Å². The Labute approximate surface area is 180 Å². The zero-order chi connectivity index (χ0) is 20.6. The molecule has 0 radical (unpaired) electrons. The summed E-state index contributed by atoms with van der Waals surface area (Å²) in [5, 5.41) is 12.5. The van der Waals surface area contributed by atoms with Gasteiger partial charge < -0.3 is 21.3 Å². The van der Waals surface area contributed by atoms with Crippen molar-refractivity contribution >= 4 is 46.5 Å². The van der Waals surface area contributed by atoms with E-state index in [4.69, 9.17) is 23.2 Å². The summed E-state index contributed by atoms with van der Waals surface area (Å²) in [4.78, 5) is 24.6. The fourth-order valence-corrected chi connectivity index (χ4v) is 3.57. The number of carbonyl (C=O) groups is 2. The average Bonchev–Trinajstić information content (AvgIpc) is 2.71. The highest BCUT2D eigenvalue weighted by atomic mass is 35.5. The van der Waals surface area contributed by atoms with Gasteiger partial charge in [0.2, 0.25) is 0 Å². The molecular weight excluding hydrogens is 411 g/mol. The number of rotatable bonds is 6. The Morgan fingerprint density at radius 2 is 1.83 bits per heavy atom. The molecule has 8 heteroatoms. The van der Waals surface area contributed by atoms with E-state index in [1.165, 1.54) is 12.8 Å². The molecule has 1 aliphatic rings. The van der Waals surface area contributed by atoms with E-state index in [2.05, 4.69) is 21.3 Å². The molecular formula is C21H24Cl2N4O2. The lowest BCUT2D eigenvalue weighted by molar-refractivity contribution is 0.0950. The van der Waals surface area contributed by atoms with Crippen LogP contribution in [0.3, 0.4) is 0 Å². The molecule has 0 bridgehead atoms. The number of halogens is 2. The number of hydrogen-bond donors (Lipinski definition) is 4. The van der Waals surface area contributed by atoms with E-state index < -0.39 is 6.03 Å². The lowest BCUT2D eigenvalue weighted by Gasteiger charge is -2.22. The largest absolute Gasteiger partial charge is 0.352 e. The summed E-state index contributed by atoms with van der Waals surface area (Å²) >= 11 is 11.8. The highest BCUT2D eigenvalue weighted by Gasteiger charge is 2.14. The van der Waals surface area contributed by atoms with Crippen LogP contribution in [0.25, 0.3) is 0 Å². The van der Waals surface area contributed by atoms with Crippen molar-refractivity contribution in [1.29, 1.82) is 0 Å². The highest BCUT2D eigenvalue weighted by Crippen LogP contribution is 2.25. The molecule has 1 aliphatic heterocycles. The van der Waals surface area contributed by atoms with Crippen molar-refractivity contribution in [3.63, 3.8) is 0 Å². The van der Waals surface area contributed by atoms with E-state index >= 15 is 0 Å². The van der Waals surface area contributed by atoms with Gasteiger partial charge in [0.1, 0.15) is 0 Å². The van der Waals surface area contributed by atoms with Gasteiger partial charge in [-0.3, -0.25) is 4.79 Å². The molecule has 1 saturated heterocycles. The Hall–Kier alpha value is -2.28. The lowest BCUT2D eigenvalue weighted by Crippen LogP contribution is -2.33. The summed E-state index contributed by atoms with van der Waals surface area (Å²) in [5.41, 5.74) is 1.54. The number of nitrogens with one attached hydrogen (secondary N) is 4. The van der Waals surface area contributed by atoms with Crippen LogP contribution in [0, 0.1) is 5.92 Å². The topological polar surface area (TPSA) is 82.3 Å². The smallest absolute Gasteiger partial charge is 0.323 e. The number of urea groups is 1. The van der Waals surface area contributed by atoms with Gasteiger partial charge >= 0.3 is 6.03 Å². The average molecular weight is 435 g/mol. The summed E-state index contributed by atoms with van der Waals surface area (Å²) in [6, 6.07) is 11.2. The first-order valence-electron chi connectivity index (χ1n) is 9.63. The molecule has 0 aromatic heterocycles. The van der Waals surface area contributed by atoms with Crippen LogP contribution in [0.4, 0.5) is 16.2 Å². The van der Waals surface area contributed by atoms with Crippen LogP contribution in [0.2, 0.25) is 10.0 Å². The molecule has 0 saturated carbocycles. The second kappa shape index (κ2) is 10.5. The SMILES string of the molecule is O=C(Nc1cccc(C(=O)NCC[C@H]2CCCNC2)c1)Nc1ccc(Cl)c(Cl)c1. The van der Waals surface area contributed by atoms with E-state index in [9.17, 15) is 9.59 Å². The Kier molecular flexibility index (Phi) is 7.75. The first-order valence-corrected chi connectivity index (χ1v) is 10.4. The summed E-state index contributed by atoms with van der Waals surface area (Å²) in [5.74, 6) is 0.462. The Balaban J connectivity index is 1.50. The van der Waals surface area contributed by atoms with Crippen LogP contribution in [0.15, 0.2) is 42.5 Å². The normalized spacial score (nSPS) is 16.1. The van der Waals surface area contributed by atoms with Crippen LogP contribution in [-0.4, -0.2) is 31.6 Å². The zero-order valence-corrected chi connectivity index (χ0v) is 17.4. The van der Waals surface area contributed by atoms with Crippen LogP contribution in [0.5, 0.6) is 0 Å². The predicted octanol–water partition coefficient (Wildman–Crippen LogP) is 4.76. The molecule has 2 aromatic rings. The van der Waals surface area contributed by atoms with Gasteiger partial charge in [0.05, 0.1) is 10.0 Å². The molecule has 29 heavy (non-hydrogen) atoms. The maximum Gasteiger partial charge on any atom is 0.323 e. The van der Waals surface area contributed by atoms with Crippen LogP contribution in [0.1, 0.15) is 29.6 Å². The van der Waals surface area contributed by atoms with Gasteiger partial charge in [-0.15, -0.1) is 0 Å². The Bertz CT molecular complexity index is 870. The molecule has 1 fully saturated rings. The molecule has 3 amide bonds. The first kappa shape index (κ1) is 21.4. The van der Waals surface area contributed by atoms with Gasteiger partial charge in [-0.2, -0.15) is 0 Å². The van der Waals surface area contributed by atoms with Crippen molar-refractivity contribution < 1.29 is 9.59 Å². The molecule has 154 valence electrons. The van der Waals surface area contributed by atoms with E-state index in [-0.39, 0.29) is 5.91 Å². The summed E-state index contributed by atoms with van der Waals surface area (Å²) < 4.78 is 0. The van der Waals surface area contributed by atoms with E-state index in [0.717, 1.165) is 19.5 Å². The van der Waals surface area contributed by atoms with Gasteiger partial charge in [0.25, 0.3) is 5.91 Å². The van der Waals surface area contributed by atoms with Crippen LogP contribution < -0.4 is 21.3 Å². The molecule has 1 atom stereocenters. The van der Waals surface area contributed by atoms with Gasteiger partial charge in [0, 0.05) is 23.5 Å². The number of anilines is 2. The summed E-state index contributed by atoms with van der Waals surface area (Å²) in [6.07, 6.45) is 3.36. The van der Waals surface area contributed by atoms with E-state index in [1.54, 1.807) is 42.5 Å². The van der Waals surface area contributed by atoms with Gasteiger partial charge in [-0.25, -0.2) is 4.79 Å². The zero-order valence-electron chi connectivity index (χ0n) is 15.9. The minimum absolute atomic E-state index is 0.151. The second-order valence-electron chi connectivity index (χ2n) is 7.05. The molecule has 3 rings (SSSR count). The van der Waals surface area contributed by atoms with Crippen molar-refractivity contribution in [3.05, 3.63) is 58.1 Å². The minimum Gasteiger partial charge on any atom is -0.352 e. The number of piperidine rings is 1. The first-order chi connectivity index (χ1) is 14.0. The molecule has 6 nitrogen and oxygen atoms in total. The van der Waals surface area contributed by atoms with Crippen LogP contribution >= 0.6 is 23.2 Å².